The van der Waals surface area contributed by atoms with Crippen LogP contribution in [0.3, 0.4) is 0 Å². The molecule has 0 unspecified atom stereocenters. The van der Waals surface area contributed by atoms with Gasteiger partial charge in [0.1, 0.15) is 18.2 Å². The van der Waals surface area contributed by atoms with Crippen molar-refractivity contribution in [3.8, 4) is 5.75 Å². The number of halogens is 2. The van der Waals surface area contributed by atoms with Gasteiger partial charge < -0.3 is 10.1 Å². The number of fused-ring (bicyclic) bond motifs is 1. The van der Waals surface area contributed by atoms with Gasteiger partial charge in [0.15, 0.2) is 11.6 Å². The van der Waals surface area contributed by atoms with E-state index < -0.39 is 23.4 Å². The Kier molecular flexibility index (Phi) is 6.09. The number of hydrogen-bond donors (Lipinski definition) is 1. The van der Waals surface area contributed by atoms with Crippen molar-refractivity contribution in [2.24, 2.45) is 0 Å². The molecule has 1 aromatic heterocycles. The van der Waals surface area contributed by atoms with Gasteiger partial charge >= 0.3 is 0 Å². The van der Waals surface area contributed by atoms with E-state index in [2.05, 4.69) is 10.3 Å². The van der Waals surface area contributed by atoms with Crippen LogP contribution in [0, 0.1) is 25.5 Å². The minimum atomic E-state index is -0.618. The van der Waals surface area contributed by atoms with Crippen LogP contribution in [0.1, 0.15) is 43.0 Å². The number of pyridine rings is 1. The predicted molar refractivity (Wildman–Crippen MR) is 120 cm³/mol. The molecule has 1 aliphatic rings. The number of benzene rings is 2. The second kappa shape index (κ2) is 8.97. The van der Waals surface area contributed by atoms with E-state index >= 15 is 0 Å². The summed E-state index contributed by atoms with van der Waals surface area (Å²) in [6.07, 6.45) is 1.78. The molecule has 170 valence electrons. The van der Waals surface area contributed by atoms with Crippen molar-refractivity contribution in [2.75, 3.05) is 25.1 Å². The summed E-state index contributed by atoms with van der Waals surface area (Å²) in [7, 11) is 1.44. The Morgan fingerprint density at radius 1 is 1.15 bits per heavy atom. The number of ether oxygens (including phenoxy) is 1. The fourth-order valence-corrected chi connectivity index (χ4v) is 3.96. The molecule has 0 aliphatic carbocycles. The van der Waals surface area contributed by atoms with E-state index in [4.69, 9.17) is 4.74 Å². The monoisotopic (exact) mass is 451 g/mol. The topological polar surface area (TPSA) is 71.5 Å². The highest BCUT2D eigenvalue weighted by Gasteiger charge is 2.29. The van der Waals surface area contributed by atoms with Gasteiger partial charge in [-0.25, -0.2) is 13.8 Å². The molecule has 0 atom stereocenters. The Morgan fingerprint density at radius 3 is 2.64 bits per heavy atom. The van der Waals surface area contributed by atoms with Crippen molar-refractivity contribution in [3.05, 3.63) is 87.6 Å². The molecule has 0 saturated carbocycles. The molecule has 8 heteroatoms. The second-order valence-corrected chi connectivity index (χ2v) is 7.85. The molecule has 2 amide bonds. The van der Waals surface area contributed by atoms with Crippen molar-refractivity contribution in [3.63, 3.8) is 0 Å². The summed E-state index contributed by atoms with van der Waals surface area (Å²) in [6, 6.07) is 8.87. The molecule has 0 spiro atoms. The maximum Gasteiger partial charge on any atom is 0.263 e. The van der Waals surface area contributed by atoms with Crippen molar-refractivity contribution in [2.45, 2.75) is 20.3 Å². The zero-order chi connectivity index (χ0) is 23.7. The number of nitrogens with zero attached hydrogens (tertiary/aromatic N) is 2. The number of carbonyl (C=O) groups is 2. The molecule has 2 heterocycles. The first kappa shape index (κ1) is 22.4. The first-order valence-corrected chi connectivity index (χ1v) is 10.5. The third-order valence-electron chi connectivity index (χ3n) is 5.88. The van der Waals surface area contributed by atoms with Gasteiger partial charge in [0.05, 0.1) is 17.7 Å². The minimum absolute atomic E-state index is 0.0345. The fourth-order valence-electron chi connectivity index (χ4n) is 3.96. The van der Waals surface area contributed by atoms with E-state index in [9.17, 15) is 18.4 Å². The van der Waals surface area contributed by atoms with Gasteiger partial charge in [-0.3, -0.25) is 14.5 Å². The highest BCUT2D eigenvalue weighted by Crippen LogP contribution is 2.34. The van der Waals surface area contributed by atoms with Gasteiger partial charge in [-0.2, -0.15) is 0 Å². The molecule has 1 aliphatic heterocycles. The molecule has 6 nitrogen and oxygen atoms in total. The van der Waals surface area contributed by atoms with Crippen LogP contribution in [0.25, 0.3) is 0 Å². The highest BCUT2D eigenvalue weighted by atomic mass is 19.1. The third-order valence-corrected chi connectivity index (χ3v) is 5.88. The number of nitrogens with one attached hydrogen (secondary N) is 1. The Morgan fingerprint density at radius 2 is 1.94 bits per heavy atom. The molecule has 1 N–H and O–H groups in total. The first-order valence-electron chi connectivity index (χ1n) is 10.5. The molecule has 0 fully saturated rings. The van der Waals surface area contributed by atoms with Crippen molar-refractivity contribution < 1.29 is 23.1 Å². The van der Waals surface area contributed by atoms with Gasteiger partial charge in [0.25, 0.3) is 11.8 Å². The summed E-state index contributed by atoms with van der Waals surface area (Å²) in [4.78, 5) is 30.5. The Hall–Kier alpha value is -3.81. The van der Waals surface area contributed by atoms with Crippen LogP contribution in [0.15, 0.2) is 42.6 Å². The van der Waals surface area contributed by atoms with E-state index in [1.165, 1.54) is 42.4 Å². The lowest BCUT2D eigenvalue weighted by Crippen LogP contribution is -2.33. The predicted octanol–water partition coefficient (Wildman–Crippen LogP) is 3.97. The summed E-state index contributed by atoms with van der Waals surface area (Å²) in [6.45, 7) is 4.12. The van der Waals surface area contributed by atoms with Crippen molar-refractivity contribution in [1.29, 1.82) is 0 Å². The Balaban J connectivity index is 1.73. The molecular formula is C25H23F2N3O3. The Bertz CT molecular complexity index is 1260. The molecule has 0 bridgehead atoms. The SMILES string of the molecule is CNC(=O)c1ccc(Cc2cc3c(c(C)c2C)OCCN(c2ncccc2F)C3=O)cc1F. The van der Waals surface area contributed by atoms with Gasteiger partial charge in [0, 0.05) is 13.2 Å². The second-order valence-electron chi connectivity index (χ2n) is 7.85. The summed E-state index contributed by atoms with van der Waals surface area (Å²) in [5.74, 6) is -1.71. The van der Waals surface area contributed by atoms with Crippen LogP contribution in [-0.2, 0) is 6.42 Å². The number of carbonyl (C=O) groups excluding carboxylic acids is 2. The van der Waals surface area contributed by atoms with Gasteiger partial charge in [-0.1, -0.05) is 6.07 Å². The number of aromatic nitrogens is 1. The lowest BCUT2D eigenvalue weighted by molar-refractivity contribution is 0.0957. The average molecular weight is 451 g/mol. The number of anilines is 1. The van der Waals surface area contributed by atoms with Crippen molar-refractivity contribution >= 4 is 17.6 Å². The van der Waals surface area contributed by atoms with Crippen LogP contribution < -0.4 is 15.0 Å². The van der Waals surface area contributed by atoms with Gasteiger partial charge in [-0.15, -0.1) is 0 Å². The summed E-state index contributed by atoms with van der Waals surface area (Å²) in [5.41, 5.74) is 3.43. The lowest BCUT2D eigenvalue weighted by atomic mass is 9.93. The molecule has 33 heavy (non-hydrogen) atoms. The van der Waals surface area contributed by atoms with Gasteiger partial charge in [-0.05, 0) is 72.9 Å². The third kappa shape index (κ3) is 4.16. The van der Waals surface area contributed by atoms with Crippen molar-refractivity contribution in [1.82, 2.24) is 10.3 Å². The summed E-state index contributed by atoms with van der Waals surface area (Å²) < 4.78 is 34.7. The smallest absolute Gasteiger partial charge is 0.263 e. The normalized spacial score (nSPS) is 13.2. The maximum absolute atomic E-state index is 14.5. The first-order chi connectivity index (χ1) is 15.8. The minimum Gasteiger partial charge on any atom is -0.491 e. The maximum atomic E-state index is 14.5. The highest BCUT2D eigenvalue weighted by molar-refractivity contribution is 6.08. The standard InChI is InChI=1S/C25H23F2N3O3/c1-14-15(2)22-19(25(32)30(9-10-33-22)23-20(26)5-4-8-29-23)13-17(14)11-16-6-7-18(21(27)12-16)24(31)28-3/h4-8,12-13H,9-11H2,1-3H3,(H,28,31). The van der Waals surface area contributed by atoms with E-state index in [1.54, 1.807) is 12.1 Å². The molecule has 4 rings (SSSR count). The molecular weight excluding hydrogens is 428 g/mol. The lowest BCUT2D eigenvalue weighted by Gasteiger charge is -2.20. The zero-order valence-corrected chi connectivity index (χ0v) is 18.5. The van der Waals surface area contributed by atoms with E-state index in [1.807, 2.05) is 13.8 Å². The molecule has 0 saturated heterocycles. The summed E-state index contributed by atoms with van der Waals surface area (Å²) in [5, 5.41) is 2.41. The van der Waals surface area contributed by atoms with Crippen LogP contribution >= 0.6 is 0 Å². The molecule has 0 radical (unpaired) electrons. The van der Waals surface area contributed by atoms with E-state index in [0.29, 0.717) is 23.3 Å². The zero-order valence-electron chi connectivity index (χ0n) is 18.5. The van der Waals surface area contributed by atoms with Crippen LogP contribution in [0.5, 0.6) is 5.75 Å². The largest absolute Gasteiger partial charge is 0.491 e. The fraction of sp³-hybridized carbons (Fsp3) is 0.240. The summed E-state index contributed by atoms with van der Waals surface area (Å²) >= 11 is 0. The van der Waals surface area contributed by atoms with Crippen LogP contribution in [0.4, 0.5) is 14.6 Å². The van der Waals surface area contributed by atoms with Crippen LogP contribution in [-0.4, -0.2) is 37.0 Å². The number of amides is 2. The average Bonchev–Trinajstić information content (AvgIpc) is 2.96. The quantitative estimate of drug-likeness (QED) is 0.652. The molecule has 3 aromatic rings. The Labute approximate surface area is 190 Å². The van der Waals surface area contributed by atoms with Crippen LogP contribution in [0.2, 0.25) is 0 Å². The molecule has 2 aromatic carbocycles. The van der Waals surface area contributed by atoms with E-state index in [0.717, 1.165) is 16.7 Å². The number of rotatable bonds is 4. The van der Waals surface area contributed by atoms with E-state index in [-0.39, 0.29) is 24.5 Å². The number of hydrogen-bond acceptors (Lipinski definition) is 4. The van der Waals surface area contributed by atoms with Gasteiger partial charge in [0.2, 0.25) is 0 Å².